The molecule has 1 aromatic carbocycles. The van der Waals surface area contributed by atoms with Crippen molar-refractivity contribution in [3.63, 3.8) is 0 Å². The number of aryl methyl sites for hydroxylation is 1. The molecule has 0 aromatic heterocycles. The Morgan fingerprint density at radius 1 is 1.11 bits per heavy atom. The number of ether oxygens (including phenoxy) is 2. The fraction of sp³-hybridized carbons (Fsp3) is 0.625. The smallest absolute Gasteiger partial charge is 0.164 e. The zero-order valence-electron chi connectivity index (χ0n) is 11.9. The van der Waals surface area contributed by atoms with E-state index in [9.17, 15) is 0 Å². The van der Waals surface area contributed by atoms with E-state index in [0.717, 1.165) is 36.9 Å². The van der Waals surface area contributed by atoms with Gasteiger partial charge in [-0.05, 0) is 68.8 Å². The van der Waals surface area contributed by atoms with Crippen LogP contribution in [-0.4, -0.2) is 26.3 Å². The van der Waals surface area contributed by atoms with Crippen LogP contribution in [0.15, 0.2) is 6.07 Å². The molecule has 1 fully saturated rings. The van der Waals surface area contributed by atoms with Crippen LogP contribution < -0.4 is 14.8 Å². The van der Waals surface area contributed by atoms with Gasteiger partial charge in [-0.3, -0.25) is 0 Å². The summed E-state index contributed by atoms with van der Waals surface area (Å²) in [6.07, 6.45) is 3.65. The van der Waals surface area contributed by atoms with Gasteiger partial charge in [0.1, 0.15) is 13.2 Å². The molecule has 19 heavy (non-hydrogen) atoms. The lowest BCUT2D eigenvalue weighted by Gasteiger charge is -2.27. The molecular weight excluding hydrogens is 238 g/mol. The standard InChI is InChI=1S/C16H23NO2/c1-11-9-14(10-13-3-5-17-6-4-13)16-15(12(11)2)18-7-8-19-16/h9,13,17H,3-8,10H2,1-2H3. The average Bonchev–Trinajstić information content (AvgIpc) is 2.46. The van der Waals surface area contributed by atoms with Crippen LogP contribution in [0.3, 0.4) is 0 Å². The molecule has 1 saturated heterocycles. The summed E-state index contributed by atoms with van der Waals surface area (Å²) in [7, 11) is 0. The van der Waals surface area contributed by atoms with Crippen LogP contribution in [0, 0.1) is 19.8 Å². The maximum absolute atomic E-state index is 5.89. The minimum atomic E-state index is 0.671. The molecule has 0 bridgehead atoms. The summed E-state index contributed by atoms with van der Waals surface area (Å²) in [5, 5.41) is 3.43. The van der Waals surface area contributed by atoms with Gasteiger partial charge in [0, 0.05) is 0 Å². The SMILES string of the molecule is Cc1cc(CC2CCNCC2)c2c(c1C)OCCO2. The van der Waals surface area contributed by atoms with Crippen molar-refractivity contribution in [1.29, 1.82) is 0 Å². The Kier molecular flexibility index (Phi) is 3.65. The van der Waals surface area contributed by atoms with Crippen molar-refractivity contribution in [3.05, 3.63) is 22.8 Å². The van der Waals surface area contributed by atoms with Gasteiger partial charge in [-0.2, -0.15) is 0 Å². The highest BCUT2D eigenvalue weighted by atomic mass is 16.6. The van der Waals surface area contributed by atoms with Gasteiger partial charge in [0.05, 0.1) is 0 Å². The highest BCUT2D eigenvalue weighted by Gasteiger charge is 2.23. The Bertz CT molecular complexity index is 464. The molecule has 3 rings (SSSR count). The van der Waals surface area contributed by atoms with Crippen LogP contribution in [0.25, 0.3) is 0 Å². The maximum atomic E-state index is 5.89. The molecule has 0 saturated carbocycles. The largest absolute Gasteiger partial charge is 0.486 e. The number of hydrogen-bond donors (Lipinski definition) is 1. The van der Waals surface area contributed by atoms with Gasteiger partial charge < -0.3 is 14.8 Å². The monoisotopic (exact) mass is 261 g/mol. The first kappa shape index (κ1) is 12.8. The number of fused-ring (bicyclic) bond motifs is 1. The molecule has 3 nitrogen and oxygen atoms in total. The van der Waals surface area contributed by atoms with Crippen molar-refractivity contribution >= 4 is 0 Å². The first-order valence-electron chi connectivity index (χ1n) is 7.35. The minimum Gasteiger partial charge on any atom is -0.486 e. The van der Waals surface area contributed by atoms with Crippen molar-refractivity contribution in [2.45, 2.75) is 33.1 Å². The summed E-state index contributed by atoms with van der Waals surface area (Å²) in [4.78, 5) is 0. The second-order valence-corrected chi connectivity index (χ2v) is 5.73. The maximum Gasteiger partial charge on any atom is 0.164 e. The fourth-order valence-electron chi connectivity index (χ4n) is 3.10. The molecule has 2 aliphatic rings. The van der Waals surface area contributed by atoms with Gasteiger partial charge in [0.15, 0.2) is 11.5 Å². The first-order valence-corrected chi connectivity index (χ1v) is 7.35. The fourth-order valence-corrected chi connectivity index (χ4v) is 3.10. The van der Waals surface area contributed by atoms with Crippen LogP contribution in [0.2, 0.25) is 0 Å². The molecule has 0 unspecified atom stereocenters. The van der Waals surface area contributed by atoms with E-state index < -0.39 is 0 Å². The van der Waals surface area contributed by atoms with Gasteiger partial charge in [0.2, 0.25) is 0 Å². The van der Waals surface area contributed by atoms with E-state index in [4.69, 9.17) is 9.47 Å². The third-order valence-electron chi connectivity index (χ3n) is 4.36. The molecule has 0 radical (unpaired) electrons. The van der Waals surface area contributed by atoms with E-state index in [1.165, 1.54) is 29.5 Å². The van der Waals surface area contributed by atoms with E-state index in [-0.39, 0.29) is 0 Å². The van der Waals surface area contributed by atoms with Gasteiger partial charge in [-0.1, -0.05) is 6.07 Å². The van der Waals surface area contributed by atoms with Crippen molar-refractivity contribution in [2.75, 3.05) is 26.3 Å². The molecule has 0 amide bonds. The van der Waals surface area contributed by atoms with Crippen molar-refractivity contribution in [3.8, 4) is 11.5 Å². The normalized spacial score (nSPS) is 19.5. The summed E-state index contributed by atoms with van der Waals surface area (Å²) < 4.78 is 11.7. The highest BCUT2D eigenvalue weighted by Crippen LogP contribution is 2.40. The Morgan fingerprint density at radius 3 is 2.53 bits per heavy atom. The Balaban J connectivity index is 1.89. The predicted octanol–water partition coefficient (Wildman–Crippen LogP) is 2.62. The molecule has 1 aromatic rings. The lowest BCUT2D eigenvalue weighted by Crippen LogP contribution is -2.29. The number of rotatable bonds is 2. The van der Waals surface area contributed by atoms with Gasteiger partial charge >= 0.3 is 0 Å². The van der Waals surface area contributed by atoms with Gasteiger partial charge in [-0.25, -0.2) is 0 Å². The Morgan fingerprint density at radius 2 is 1.79 bits per heavy atom. The topological polar surface area (TPSA) is 30.5 Å². The molecule has 0 spiro atoms. The third-order valence-corrected chi connectivity index (χ3v) is 4.36. The Labute approximate surface area is 115 Å². The minimum absolute atomic E-state index is 0.671. The third kappa shape index (κ3) is 2.57. The van der Waals surface area contributed by atoms with Crippen LogP contribution in [-0.2, 0) is 6.42 Å². The molecular formula is C16H23NO2. The molecule has 0 atom stereocenters. The van der Waals surface area contributed by atoms with Crippen molar-refractivity contribution in [2.24, 2.45) is 5.92 Å². The molecule has 2 heterocycles. The summed E-state index contributed by atoms with van der Waals surface area (Å²) >= 11 is 0. The summed E-state index contributed by atoms with van der Waals surface area (Å²) in [5.41, 5.74) is 3.88. The first-order chi connectivity index (χ1) is 9.25. The highest BCUT2D eigenvalue weighted by molar-refractivity contribution is 5.55. The van der Waals surface area contributed by atoms with Gasteiger partial charge in [0.25, 0.3) is 0 Å². The van der Waals surface area contributed by atoms with E-state index in [1.807, 2.05) is 0 Å². The van der Waals surface area contributed by atoms with Crippen LogP contribution in [0.4, 0.5) is 0 Å². The molecule has 2 aliphatic heterocycles. The molecule has 1 N–H and O–H groups in total. The summed E-state index contributed by atoms with van der Waals surface area (Å²) in [6, 6.07) is 2.30. The zero-order chi connectivity index (χ0) is 13.2. The number of benzene rings is 1. The molecule has 0 aliphatic carbocycles. The van der Waals surface area contributed by atoms with Crippen LogP contribution in [0.1, 0.15) is 29.5 Å². The number of piperidine rings is 1. The number of nitrogens with one attached hydrogen (secondary N) is 1. The van der Waals surface area contributed by atoms with Crippen LogP contribution in [0.5, 0.6) is 11.5 Å². The van der Waals surface area contributed by atoms with E-state index in [0.29, 0.717) is 13.2 Å². The van der Waals surface area contributed by atoms with Gasteiger partial charge in [-0.15, -0.1) is 0 Å². The molecule has 104 valence electrons. The zero-order valence-corrected chi connectivity index (χ0v) is 11.9. The predicted molar refractivity (Wildman–Crippen MR) is 76.2 cm³/mol. The van der Waals surface area contributed by atoms with E-state index in [2.05, 4.69) is 25.2 Å². The lowest BCUT2D eigenvalue weighted by molar-refractivity contribution is 0.168. The van der Waals surface area contributed by atoms with Crippen LogP contribution >= 0.6 is 0 Å². The van der Waals surface area contributed by atoms with E-state index >= 15 is 0 Å². The lowest BCUT2D eigenvalue weighted by atomic mass is 9.89. The van der Waals surface area contributed by atoms with E-state index in [1.54, 1.807) is 0 Å². The molecule has 3 heteroatoms. The average molecular weight is 261 g/mol. The number of hydrogen-bond acceptors (Lipinski definition) is 3. The summed E-state index contributed by atoms with van der Waals surface area (Å²) in [5.74, 6) is 2.76. The summed E-state index contributed by atoms with van der Waals surface area (Å²) in [6.45, 7) is 7.93. The second kappa shape index (κ2) is 5.41. The van der Waals surface area contributed by atoms with Crippen molar-refractivity contribution < 1.29 is 9.47 Å². The second-order valence-electron chi connectivity index (χ2n) is 5.73. The van der Waals surface area contributed by atoms with Crippen molar-refractivity contribution in [1.82, 2.24) is 5.32 Å². The Hall–Kier alpha value is -1.22. The quantitative estimate of drug-likeness (QED) is 0.887.